The second-order valence-corrected chi connectivity index (χ2v) is 7.37. The number of nitro benzene ring substituents is 2. The van der Waals surface area contributed by atoms with E-state index in [1.54, 1.807) is 24.3 Å². The van der Waals surface area contributed by atoms with Gasteiger partial charge >= 0.3 is 0 Å². The number of hydrogen-bond acceptors (Lipinski definition) is 8. The second-order valence-electron chi connectivity index (χ2n) is 7.37. The van der Waals surface area contributed by atoms with Crippen LogP contribution in [0.1, 0.15) is 5.56 Å². The van der Waals surface area contributed by atoms with Crippen molar-refractivity contribution in [2.75, 3.05) is 5.73 Å². The largest absolute Gasteiger partial charge is 0.453 e. The molecule has 0 fully saturated rings. The summed E-state index contributed by atoms with van der Waals surface area (Å²) in [6.07, 6.45) is 0. The van der Waals surface area contributed by atoms with Crippen molar-refractivity contribution in [2.45, 2.75) is 6.54 Å². The number of nitrogens with zero attached hydrogens (tertiary/aromatic N) is 4. The molecular weight excluding hydrogens is 426 g/mol. The van der Waals surface area contributed by atoms with Gasteiger partial charge in [-0.2, -0.15) is 0 Å². The first-order chi connectivity index (χ1) is 15.9. The van der Waals surface area contributed by atoms with Crippen molar-refractivity contribution >= 4 is 38.9 Å². The molecule has 2 aliphatic rings. The number of benzene rings is 4. The fraction of sp³-hybridized carbons (Fsp3) is 0.0435. The van der Waals surface area contributed by atoms with Gasteiger partial charge in [0.15, 0.2) is 11.3 Å². The zero-order valence-corrected chi connectivity index (χ0v) is 17.0. The van der Waals surface area contributed by atoms with E-state index >= 15 is 0 Å². The minimum atomic E-state index is -0.670. The highest BCUT2D eigenvalue weighted by atomic mass is 16.6. The van der Waals surface area contributed by atoms with Crippen LogP contribution >= 0.6 is 0 Å². The highest BCUT2D eigenvalue weighted by Gasteiger charge is 2.19. The quantitative estimate of drug-likeness (QED) is 0.141. The Morgan fingerprint density at radius 2 is 1.73 bits per heavy atom. The van der Waals surface area contributed by atoms with E-state index in [4.69, 9.17) is 15.1 Å². The Bertz CT molecular complexity index is 1630. The summed E-state index contributed by atoms with van der Waals surface area (Å²) in [7, 11) is 0. The molecule has 1 aliphatic heterocycles. The van der Waals surface area contributed by atoms with Gasteiger partial charge in [-0.1, -0.05) is 24.3 Å². The first kappa shape index (κ1) is 20.1. The molecule has 10 nitrogen and oxygen atoms in total. The molecule has 1 aliphatic carbocycles. The number of non-ortho nitro benzene ring substituents is 1. The predicted octanol–water partition coefficient (Wildman–Crippen LogP) is 4.59. The molecule has 0 atom stereocenters. The molecule has 162 valence electrons. The van der Waals surface area contributed by atoms with E-state index in [1.165, 1.54) is 12.1 Å². The van der Waals surface area contributed by atoms with Gasteiger partial charge in [-0.05, 0) is 18.2 Å². The summed E-state index contributed by atoms with van der Waals surface area (Å²) >= 11 is 0. The van der Waals surface area contributed by atoms with Crippen LogP contribution in [0.15, 0.2) is 76.1 Å². The van der Waals surface area contributed by atoms with Crippen molar-refractivity contribution in [2.24, 2.45) is 4.99 Å². The third-order valence-corrected chi connectivity index (χ3v) is 5.29. The number of hydrogen-bond donors (Lipinski definition) is 1. The van der Waals surface area contributed by atoms with Gasteiger partial charge < -0.3 is 10.2 Å². The van der Waals surface area contributed by atoms with Crippen molar-refractivity contribution in [1.29, 1.82) is 0 Å². The Labute approximate surface area is 185 Å². The molecule has 0 saturated heterocycles. The highest BCUT2D eigenvalue weighted by Crippen LogP contribution is 2.31. The summed E-state index contributed by atoms with van der Waals surface area (Å²) < 4.78 is 6.05. The molecule has 3 aromatic carbocycles. The van der Waals surface area contributed by atoms with Gasteiger partial charge in [-0.15, -0.1) is 0 Å². The minimum Gasteiger partial charge on any atom is -0.453 e. The van der Waals surface area contributed by atoms with Gasteiger partial charge in [0, 0.05) is 34.7 Å². The lowest BCUT2D eigenvalue weighted by molar-refractivity contribution is -0.394. The number of nitro groups is 2. The molecule has 0 bridgehead atoms. The SMILES string of the molecule is Nc1ccc2nc3c4ccccc4c(=NCc4ccc([N+](=O)[O-])cc4[N+](=O)[O-])cc-3oc2c1. The molecule has 0 unspecified atom stereocenters. The van der Waals surface area contributed by atoms with E-state index in [-0.39, 0.29) is 23.5 Å². The smallest absolute Gasteiger partial charge is 0.281 e. The van der Waals surface area contributed by atoms with Crippen LogP contribution in [0, 0.1) is 20.2 Å². The Hall–Kier alpha value is -4.86. The molecule has 0 radical (unpaired) electrons. The van der Waals surface area contributed by atoms with Crippen molar-refractivity contribution in [3.8, 4) is 11.5 Å². The van der Waals surface area contributed by atoms with Crippen LogP contribution in [0.2, 0.25) is 0 Å². The van der Waals surface area contributed by atoms with E-state index in [0.717, 1.165) is 16.8 Å². The van der Waals surface area contributed by atoms with E-state index in [1.807, 2.05) is 24.3 Å². The van der Waals surface area contributed by atoms with Gasteiger partial charge in [0.25, 0.3) is 11.4 Å². The van der Waals surface area contributed by atoms with E-state index in [9.17, 15) is 20.2 Å². The lowest BCUT2D eigenvalue weighted by atomic mass is 10.0. The number of nitrogen functional groups attached to an aromatic ring is 1. The summed E-state index contributed by atoms with van der Waals surface area (Å²) in [4.78, 5) is 30.4. The fourth-order valence-corrected chi connectivity index (χ4v) is 3.72. The molecule has 3 aromatic rings. The molecular formula is C23H15N5O5. The average Bonchev–Trinajstić information content (AvgIpc) is 2.81. The van der Waals surface area contributed by atoms with Gasteiger partial charge in [0.1, 0.15) is 11.2 Å². The molecule has 0 amide bonds. The molecule has 0 aromatic heterocycles. The lowest BCUT2D eigenvalue weighted by Gasteiger charge is -2.10. The third-order valence-electron chi connectivity index (χ3n) is 5.29. The number of fused-ring (bicyclic) bond motifs is 4. The fourth-order valence-electron chi connectivity index (χ4n) is 3.72. The normalized spacial score (nSPS) is 11.9. The zero-order valence-electron chi connectivity index (χ0n) is 17.0. The maximum absolute atomic E-state index is 11.5. The molecule has 0 saturated carbocycles. The number of nitrogens with two attached hydrogens (primary N) is 1. The Kier molecular flexibility index (Phi) is 4.67. The Morgan fingerprint density at radius 3 is 2.48 bits per heavy atom. The number of aromatic nitrogens is 1. The summed E-state index contributed by atoms with van der Waals surface area (Å²) in [5.74, 6) is 0.490. The maximum atomic E-state index is 11.5. The van der Waals surface area contributed by atoms with Crippen LogP contribution in [0.4, 0.5) is 17.1 Å². The Morgan fingerprint density at radius 1 is 0.939 bits per heavy atom. The maximum Gasteiger partial charge on any atom is 0.281 e. The van der Waals surface area contributed by atoms with Crippen LogP contribution in [-0.4, -0.2) is 14.8 Å². The van der Waals surface area contributed by atoms with Crippen LogP contribution in [0.25, 0.3) is 33.3 Å². The van der Waals surface area contributed by atoms with E-state index in [0.29, 0.717) is 33.6 Å². The molecule has 2 N–H and O–H groups in total. The lowest BCUT2D eigenvalue weighted by Crippen LogP contribution is -2.08. The number of rotatable bonds is 4. The Balaban J connectivity index is 1.71. The third kappa shape index (κ3) is 3.59. The summed E-state index contributed by atoms with van der Waals surface area (Å²) in [6, 6.07) is 18.0. The van der Waals surface area contributed by atoms with Gasteiger partial charge in [-0.25, -0.2) is 4.98 Å². The van der Waals surface area contributed by atoms with Crippen molar-refractivity contribution in [3.05, 3.63) is 97.9 Å². The molecule has 0 spiro atoms. The van der Waals surface area contributed by atoms with E-state index < -0.39 is 9.85 Å². The standard InChI is InChI=1S/C23H15N5O5/c24-14-6-8-18-21(9-14)33-22-11-19(16-3-1-2-4-17(16)23(22)26-18)25-12-13-5-7-15(27(29)30)10-20(13)28(31)32/h1-11H,12,24H2. The van der Waals surface area contributed by atoms with Gasteiger partial charge in [0.05, 0.1) is 33.4 Å². The zero-order chi connectivity index (χ0) is 23.1. The van der Waals surface area contributed by atoms with Crippen LogP contribution in [0.3, 0.4) is 0 Å². The van der Waals surface area contributed by atoms with Crippen molar-refractivity contribution < 1.29 is 14.3 Å². The van der Waals surface area contributed by atoms with Crippen LogP contribution in [-0.2, 0) is 6.54 Å². The first-order valence-electron chi connectivity index (χ1n) is 9.85. The second kappa shape index (κ2) is 7.68. The summed E-state index contributed by atoms with van der Waals surface area (Å²) in [6.45, 7) is -0.0439. The van der Waals surface area contributed by atoms with Crippen LogP contribution < -0.4 is 11.1 Å². The minimum absolute atomic E-state index is 0.0439. The average molecular weight is 441 g/mol. The molecule has 5 rings (SSSR count). The molecule has 33 heavy (non-hydrogen) atoms. The molecule has 10 heteroatoms. The van der Waals surface area contributed by atoms with Crippen molar-refractivity contribution in [1.82, 2.24) is 4.98 Å². The van der Waals surface area contributed by atoms with Crippen molar-refractivity contribution in [3.63, 3.8) is 0 Å². The van der Waals surface area contributed by atoms with Gasteiger partial charge in [-0.3, -0.25) is 25.2 Å². The predicted molar refractivity (Wildman–Crippen MR) is 122 cm³/mol. The van der Waals surface area contributed by atoms with E-state index in [2.05, 4.69) is 4.99 Å². The topological polar surface area (TPSA) is 151 Å². The van der Waals surface area contributed by atoms with Crippen LogP contribution in [0.5, 0.6) is 0 Å². The first-order valence-corrected chi connectivity index (χ1v) is 9.85. The highest BCUT2D eigenvalue weighted by molar-refractivity contribution is 5.96. The number of anilines is 1. The van der Waals surface area contributed by atoms with Gasteiger partial charge in [0.2, 0.25) is 0 Å². The summed E-state index contributed by atoms with van der Waals surface area (Å²) in [5, 5.41) is 24.6. The summed E-state index contributed by atoms with van der Waals surface area (Å²) in [5.41, 5.74) is 7.80. The monoisotopic (exact) mass is 441 g/mol. The molecule has 1 heterocycles.